The van der Waals surface area contributed by atoms with Crippen molar-refractivity contribution in [2.45, 2.75) is 32.6 Å². The molecular weight excluding hydrogens is 216 g/mol. The van der Waals surface area contributed by atoms with E-state index in [0.717, 1.165) is 19.8 Å². The molecule has 92 valence electrons. The van der Waals surface area contributed by atoms with Gasteiger partial charge in [0.05, 0.1) is 0 Å². The van der Waals surface area contributed by atoms with Gasteiger partial charge in [-0.2, -0.15) is 0 Å². The van der Waals surface area contributed by atoms with Crippen molar-refractivity contribution in [2.24, 2.45) is 11.8 Å². The van der Waals surface area contributed by atoms with Gasteiger partial charge in [0.1, 0.15) is 0 Å². The molecule has 0 aromatic carbocycles. The van der Waals surface area contributed by atoms with Gasteiger partial charge in [-0.1, -0.05) is 12.8 Å². The highest BCUT2D eigenvalue weighted by atomic mass is 16.4. The van der Waals surface area contributed by atoms with E-state index in [-0.39, 0.29) is 0 Å². The van der Waals surface area contributed by atoms with E-state index in [4.69, 9.17) is 9.90 Å². The van der Waals surface area contributed by atoms with E-state index in [1.54, 1.807) is 0 Å². The second-order valence-electron chi connectivity index (χ2n) is 3.63. The number of hydrogen-bond donors (Lipinski definition) is 0. The smallest absolute Gasteiger partial charge is 0.0451 e. The van der Waals surface area contributed by atoms with Gasteiger partial charge in [-0.15, -0.1) is 0 Å². The number of carbonyl (C=O) groups is 3. The van der Waals surface area contributed by atoms with Crippen LogP contribution in [0.3, 0.4) is 0 Å². The van der Waals surface area contributed by atoms with Crippen LogP contribution in [0.25, 0.3) is 0 Å². The molecule has 0 N–H and O–H groups in total. The summed E-state index contributed by atoms with van der Waals surface area (Å²) in [7, 11) is 0. The number of carboxylic acids is 3. The molecule has 0 spiro atoms. The minimum Gasteiger partial charge on any atom is -0.550 e. The number of aliphatic carboxylic acids is 3. The van der Waals surface area contributed by atoms with Crippen LogP contribution in [0, 0.1) is 11.8 Å². The highest BCUT2D eigenvalue weighted by molar-refractivity contribution is 5.77. The van der Waals surface area contributed by atoms with Crippen molar-refractivity contribution in [3.63, 3.8) is 0 Å². The molecule has 1 saturated carbocycles. The lowest BCUT2D eigenvalue weighted by Crippen LogP contribution is -2.45. The molecule has 1 aliphatic rings. The lowest BCUT2D eigenvalue weighted by atomic mass is 9.79. The second kappa shape index (κ2) is 6.81. The quantitative estimate of drug-likeness (QED) is 0.499. The fraction of sp³-hybridized carbons (Fsp3) is 0.700. The van der Waals surface area contributed by atoms with Crippen molar-refractivity contribution in [1.29, 1.82) is 0 Å². The van der Waals surface area contributed by atoms with Gasteiger partial charge in [0.15, 0.2) is 0 Å². The largest absolute Gasteiger partial charge is 0.550 e. The third-order valence-corrected chi connectivity index (χ3v) is 2.37. The molecule has 0 saturated heterocycles. The zero-order valence-electron chi connectivity index (χ0n) is 8.93. The minimum atomic E-state index is -1.26. The molecule has 1 fully saturated rings. The molecule has 0 aromatic rings. The van der Waals surface area contributed by atoms with Gasteiger partial charge in [-0.25, -0.2) is 0 Å². The van der Waals surface area contributed by atoms with E-state index in [1.807, 2.05) is 0 Å². The first-order valence-electron chi connectivity index (χ1n) is 4.95. The van der Waals surface area contributed by atoms with Crippen LogP contribution < -0.4 is 15.3 Å². The average molecular weight is 229 g/mol. The Morgan fingerprint density at radius 2 is 1.12 bits per heavy atom. The SMILES string of the molecule is CC(=O)[O-].O=C([O-])C1CCCCC1C(=O)[O-]. The van der Waals surface area contributed by atoms with Crippen molar-refractivity contribution < 1.29 is 29.7 Å². The molecule has 0 radical (unpaired) electrons. The van der Waals surface area contributed by atoms with Crippen molar-refractivity contribution in [2.75, 3.05) is 0 Å². The van der Waals surface area contributed by atoms with Gasteiger partial charge >= 0.3 is 0 Å². The molecule has 2 unspecified atom stereocenters. The van der Waals surface area contributed by atoms with Crippen LogP contribution in [-0.2, 0) is 14.4 Å². The lowest BCUT2D eigenvalue weighted by molar-refractivity contribution is -0.328. The Hall–Kier alpha value is -1.59. The van der Waals surface area contributed by atoms with Crippen LogP contribution in [-0.4, -0.2) is 17.9 Å². The molecule has 6 nitrogen and oxygen atoms in total. The summed E-state index contributed by atoms with van der Waals surface area (Å²) in [5.74, 6) is -5.29. The summed E-state index contributed by atoms with van der Waals surface area (Å²) in [6, 6.07) is 0. The van der Waals surface area contributed by atoms with Crippen LogP contribution in [0.15, 0.2) is 0 Å². The normalized spacial score (nSPS) is 23.8. The molecule has 16 heavy (non-hydrogen) atoms. The van der Waals surface area contributed by atoms with Crippen LogP contribution in [0.2, 0.25) is 0 Å². The minimum absolute atomic E-state index is 0.404. The third kappa shape index (κ3) is 5.33. The summed E-state index contributed by atoms with van der Waals surface area (Å²) in [6.45, 7) is 0.972. The third-order valence-electron chi connectivity index (χ3n) is 2.37. The maximum absolute atomic E-state index is 10.5. The molecule has 1 aliphatic carbocycles. The maximum Gasteiger partial charge on any atom is 0.0451 e. The summed E-state index contributed by atoms with van der Waals surface area (Å²) >= 11 is 0. The van der Waals surface area contributed by atoms with Crippen molar-refractivity contribution >= 4 is 17.9 Å². The second-order valence-corrected chi connectivity index (χ2v) is 3.63. The molecule has 0 heterocycles. The van der Waals surface area contributed by atoms with E-state index in [2.05, 4.69) is 0 Å². The Balaban J connectivity index is 0.000000487. The molecular formula is C10H13O6-3. The molecule has 0 aliphatic heterocycles. The first-order valence-corrected chi connectivity index (χ1v) is 4.95. The fourth-order valence-corrected chi connectivity index (χ4v) is 1.70. The zero-order valence-corrected chi connectivity index (χ0v) is 8.93. The van der Waals surface area contributed by atoms with E-state index >= 15 is 0 Å². The summed E-state index contributed by atoms with van der Waals surface area (Å²) in [6.07, 6.45) is 2.34. The fourth-order valence-electron chi connectivity index (χ4n) is 1.70. The average Bonchev–Trinajstić information content (AvgIpc) is 2.16. The van der Waals surface area contributed by atoms with Gasteiger partial charge in [-0.05, 0) is 19.8 Å². The number of rotatable bonds is 2. The molecule has 0 aromatic heterocycles. The van der Waals surface area contributed by atoms with E-state index < -0.39 is 29.7 Å². The summed E-state index contributed by atoms with van der Waals surface area (Å²) < 4.78 is 0. The predicted octanol–water partition coefficient (Wildman–Crippen LogP) is -2.95. The maximum atomic E-state index is 10.5. The molecule has 6 heteroatoms. The monoisotopic (exact) mass is 229 g/mol. The number of carbonyl (C=O) groups excluding carboxylic acids is 3. The first-order chi connectivity index (χ1) is 7.36. The molecule has 2 atom stereocenters. The summed E-state index contributed by atoms with van der Waals surface area (Å²) in [5.41, 5.74) is 0. The Morgan fingerprint density at radius 1 is 0.875 bits per heavy atom. The Bertz CT molecular complexity index is 246. The predicted molar refractivity (Wildman–Crippen MR) is 46.1 cm³/mol. The van der Waals surface area contributed by atoms with Crippen molar-refractivity contribution in [3.8, 4) is 0 Å². The van der Waals surface area contributed by atoms with Gasteiger partial charge in [0, 0.05) is 29.7 Å². The van der Waals surface area contributed by atoms with Gasteiger partial charge in [0.2, 0.25) is 0 Å². The standard InChI is InChI=1S/C8H12O4.C2H4O2/c9-7(10)5-3-1-2-4-6(5)8(11)12;1-2(3)4/h5-6H,1-4H2,(H,9,10)(H,11,12);1H3,(H,3,4)/p-3. The van der Waals surface area contributed by atoms with Crippen LogP contribution in [0.4, 0.5) is 0 Å². The zero-order chi connectivity index (χ0) is 12.7. The van der Waals surface area contributed by atoms with Gasteiger partial charge in [-0.3, -0.25) is 0 Å². The number of hydrogen-bond acceptors (Lipinski definition) is 6. The van der Waals surface area contributed by atoms with Crippen LogP contribution >= 0.6 is 0 Å². The summed E-state index contributed by atoms with van der Waals surface area (Å²) in [5, 5.41) is 29.8. The Morgan fingerprint density at radius 3 is 1.31 bits per heavy atom. The Kier molecular flexibility index (Phi) is 6.14. The van der Waals surface area contributed by atoms with E-state index in [9.17, 15) is 19.8 Å². The van der Waals surface area contributed by atoms with Gasteiger partial charge < -0.3 is 29.7 Å². The number of carboxylic acid groups (broad SMARTS) is 3. The highest BCUT2D eigenvalue weighted by Crippen LogP contribution is 2.28. The van der Waals surface area contributed by atoms with Crippen LogP contribution in [0.1, 0.15) is 32.6 Å². The highest BCUT2D eigenvalue weighted by Gasteiger charge is 2.26. The van der Waals surface area contributed by atoms with Crippen LogP contribution in [0.5, 0.6) is 0 Å². The van der Waals surface area contributed by atoms with Crippen molar-refractivity contribution in [1.82, 2.24) is 0 Å². The Labute approximate surface area is 92.9 Å². The lowest BCUT2D eigenvalue weighted by Gasteiger charge is -2.32. The summed E-state index contributed by atoms with van der Waals surface area (Å²) in [4.78, 5) is 29.8. The van der Waals surface area contributed by atoms with E-state index in [0.29, 0.717) is 12.8 Å². The molecule has 1 rings (SSSR count). The topological polar surface area (TPSA) is 120 Å². The van der Waals surface area contributed by atoms with E-state index in [1.165, 1.54) is 0 Å². The van der Waals surface area contributed by atoms with Crippen molar-refractivity contribution in [3.05, 3.63) is 0 Å². The van der Waals surface area contributed by atoms with Gasteiger partial charge in [0.25, 0.3) is 0 Å². The molecule has 0 amide bonds. The first kappa shape index (κ1) is 14.4. The molecule has 0 bridgehead atoms.